The van der Waals surface area contributed by atoms with Crippen LogP contribution in [0.25, 0.3) is 33.6 Å². The molecule has 0 aliphatic carbocycles. The van der Waals surface area contributed by atoms with Gasteiger partial charge in [0.15, 0.2) is 5.78 Å². The van der Waals surface area contributed by atoms with E-state index in [2.05, 4.69) is 16.2 Å². The molecule has 2 aromatic carbocycles. The number of aromatic nitrogens is 3. The van der Waals surface area contributed by atoms with Crippen LogP contribution in [0, 0.1) is 18.3 Å². The molecule has 1 N–H and O–H groups in total. The third-order valence-corrected chi connectivity index (χ3v) is 5.03. The third kappa shape index (κ3) is 4.07. The molecule has 4 aromatic rings. The Morgan fingerprint density at radius 3 is 2.68 bits per heavy atom. The quantitative estimate of drug-likeness (QED) is 0.468. The lowest BCUT2D eigenvalue weighted by Gasteiger charge is -2.11. The maximum Gasteiger partial charge on any atom is 0.159 e. The van der Waals surface area contributed by atoms with Gasteiger partial charge in [0.1, 0.15) is 12.3 Å². The van der Waals surface area contributed by atoms with Crippen LogP contribution in [-0.4, -0.2) is 25.7 Å². The molecule has 0 aliphatic heterocycles. The zero-order valence-corrected chi connectivity index (χ0v) is 17.2. The first-order valence-electron chi connectivity index (χ1n) is 9.78. The van der Waals surface area contributed by atoms with E-state index in [1.807, 2.05) is 43.3 Å². The second-order valence-electron chi connectivity index (χ2n) is 7.35. The summed E-state index contributed by atoms with van der Waals surface area (Å²) >= 11 is 0. The van der Waals surface area contributed by atoms with Gasteiger partial charge in [-0.15, -0.1) is 0 Å². The van der Waals surface area contributed by atoms with Crippen molar-refractivity contribution in [3.05, 3.63) is 78.1 Å². The second kappa shape index (κ2) is 8.25. The average Bonchev–Trinajstić information content (AvgIpc) is 3.17. The van der Waals surface area contributed by atoms with Gasteiger partial charge in [0.2, 0.25) is 0 Å². The average molecular weight is 408 g/mol. The summed E-state index contributed by atoms with van der Waals surface area (Å²) in [5.74, 6) is 0.152. The highest BCUT2D eigenvalue weighted by Crippen LogP contribution is 2.35. The van der Waals surface area contributed by atoms with E-state index < -0.39 is 0 Å². The molecule has 4 rings (SSSR count). The van der Waals surface area contributed by atoms with Crippen molar-refractivity contribution in [2.24, 2.45) is 0 Å². The lowest BCUT2D eigenvalue weighted by Crippen LogP contribution is -2.01. The van der Waals surface area contributed by atoms with Crippen LogP contribution in [-0.2, 0) is 6.54 Å². The molecule has 0 bridgehead atoms. The fraction of sp³-hybridized carbons (Fsp3) is 0.120. The number of pyridine rings is 1. The van der Waals surface area contributed by atoms with Crippen LogP contribution in [0.15, 0.2) is 67.0 Å². The number of benzene rings is 2. The molecule has 0 unspecified atom stereocenters. The molecule has 0 aliphatic rings. The summed E-state index contributed by atoms with van der Waals surface area (Å²) in [6, 6.07) is 18.6. The van der Waals surface area contributed by atoms with Crippen LogP contribution in [0.5, 0.6) is 5.75 Å². The van der Waals surface area contributed by atoms with E-state index in [4.69, 9.17) is 0 Å². The number of hydrogen-bond acceptors (Lipinski definition) is 5. The number of carbonyl (C=O) groups is 1. The van der Waals surface area contributed by atoms with Crippen molar-refractivity contribution >= 4 is 5.78 Å². The van der Waals surface area contributed by atoms with Crippen molar-refractivity contribution in [3.63, 3.8) is 0 Å². The number of hydrogen-bond donors (Lipinski definition) is 1. The van der Waals surface area contributed by atoms with Gasteiger partial charge in [-0.05, 0) is 61.4 Å². The molecule has 0 spiro atoms. The first kappa shape index (κ1) is 20.0. The van der Waals surface area contributed by atoms with Crippen molar-refractivity contribution in [1.82, 2.24) is 14.8 Å². The molecule has 0 saturated carbocycles. The van der Waals surface area contributed by atoms with Crippen LogP contribution in [0.1, 0.15) is 22.8 Å². The lowest BCUT2D eigenvalue weighted by molar-refractivity contribution is 0.101. The number of ketones is 1. The monoisotopic (exact) mass is 408 g/mol. The predicted octanol–water partition coefficient (Wildman–Crippen LogP) is 5.02. The zero-order valence-electron chi connectivity index (χ0n) is 17.2. The minimum atomic E-state index is -0.00248. The third-order valence-electron chi connectivity index (χ3n) is 5.03. The number of rotatable bonds is 5. The van der Waals surface area contributed by atoms with Gasteiger partial charge in [-0.25, -0.2) is 0 Å². The molecular formula is C25H20N4O2. The highest BCUT2D eigenvalue weighted by Gasteiger charge is 2.17. The minimum Gasteiger partial charge on any atom is -0.508 e. The molecule has 152 valence electrons. The van der Waals surface area contributed by atoms with Gasteiger partial charge in [-0.3, -0.25) is 14.5 Å². The van der Waals surface area contributed by atoms with Crippen molar-refractivity contribution < 1.29 is 9.90 Å². The molecule has 2 heterocycles. The first-order valence-corrected chi connectivity index (χ1v) is 9.78. The molecule has 31 heavy (non-hydrogen) atoms. The number of nitrogens with zero attached hydrogens (tertiary/aromatic N) is 4. The summed E-state index contributed by atoms with van der Waals surface area (Å²) in [5.41, 5.74) is 6.32. The Bertz CT molecular complexity index is 1310. The summed E-state index contributed by atoms with van der Waals surface area (Å²) in [6.45, 7) is 3.53. The predicted molar refractivity (Wildman–Crippen MR) is 118 cm³/mol. The zero-order chi connectivity index (χ0) is 22.0. The van der Waals surface area contributed by atoms with E-state index in [0.717, 1.165) is 39.2 Å². The Morgan fingerprint density at radius 1 is 1.10 bits per heavy atom. The summed E-state index contributed by atoms with van der Waals surface area (Å²) < 4.78 is 1.63. The summed E-state index contributed by atoms with van der Waals surface area (Å²) in [5, 5.41) is 23.8. The number of aryl methyl sites for hydroxylation is 1. The highest BCUT2D eigenvalue weighted by molar-refractivity contribution is 5.95. The number of carbonyl (C=O) groups excluding carboxylic acids is 1. The molecule has 0 fully saturated rings. The van der Waals surface area contributed by atoms with E-state index in [9.17, 15) is 15.2 Å². The van der Waals surface area contributed by atoms with Crippen LogP contribution in [0.4, 0.5) is 0 Å². The summed E-state index contributed by atoms with van der Waals surface area (Å²) in [4.78, 5) is 16.2. The molecule has 2 aromatic heterocycles. The summed E-state index contributed by atoms with van der Waals surface area (Å²) in [6.07, 6.45) is 3.43. The fourth-order valence-electron chi connectivity index (χ4n) is 3.64. The van der Waals surface area contributed by atoms with Gasteiger partial charge in [0.25, 0.3) is 0 Å². The van der Waals surface area contributed by atoms with Gasteiger partial charge in [-0.2, -0.15) is 10.4 Å². The standard InChI is InChI=1S/C25H20N4O2/c1-16-10-21(13-22(31)11-16)25-23(15-28-29(25)9-7-26)19-6-8-27-24(14-19)20-5-3-4-18(12-20)17(2)30/h3-6,8,10-15,31H,9H2,1-2H3. The van der Waals surface area contributed by atoms with Gasteiger partial charge in [0, 0.05) is 28.5 Å². The molecular weight excluding hydrogens is 388 g/mol. The first-order chi connectivity index (χ1) is 15.0. The van der Waals surface area contributed by atoms with Gasteiger partial charge in [0.05, 0.1) is 23.7 Å². The van der Waals surface area contributed by atoms with E-state index >= 15 is 0 Å². The molecule has 0 radical (unpaired) electrons. The van der Waals surface area contributed by atoms with Crippen LogP contribution >= 0.6 is 0 Å². The van der Waals surface area contributed by atoms with Crippen LogP contribution in [0.2, 0.25) is 0 Å². The SMILES string of the molecule is CC(=O)c1cccc(-c2cc(-c3cnn(CC#N)c3-c3cc(C)cc(O)c3)ccn2)c1. The molecule has 6 heteroatoms. The Labute approximate surface area is 180 Å². The van der Waals surface area contributed by atoms with Crippen molar-refractivity contribution in [2.75, 3.05) is 0 Å². The van der Waals surface area contributed by atoms with Crippen LogP contribution < -0.4 is 0 Å². The Morgan fingerprint density at radius 2 is 1.94 bits per heavy atom. The largest absolute Gasteiger partial charge is 0.508 e. The van der Waals surface area contributed by atoms with E-state index in [1.165, 1.54) is 6.92 Å². The Kier molecular flexibility index (Phi) is 5.33. The highest BCUT2D eigenvalue weighted by atomic mass is 16.3. The van der Waals surface area contributed by atoms with E-state index in [-0.39, 0.29) is 18.1 Å². The van der Waals surface area contributed by atoms with E-state index in [0.29, 0.717) is 5.56 Å². The number of phenolic OH excluding ortho intramolecular Hbond substituents is 1. The Hall–Kier alpha value is -4.24. The lowest BCUT2D eigenvalue weighted by atomic mass is 9.98. The maximum atomic E-state index is 11.8. The van der Waals surface area contributed by atoms with Crippen molar-refractivity contribution in [1.29, 1.82) is 5.26 Å². The molecule has 6 nitrogen and oxygen atoms in total. The van der Waals surface area contributed by atoms with Crippen LogP contribution in [0.3, 0.4) is 0 Å². The number of Topliss-reactive ketones (excluding diaryl/α,β-unsaturated/α-hetero) is 1. The number of nitriles is 1. The normalized spacial score (nSPS) is 10.6. The van der Waals surface area contributed by atoms with Crippen molar-refractivity contribution in [3.8, 4) is 45.5 Å². The summed E-state index contributed by atoms with van der Waals surface area (Å²) in [7, 11) is 0. The topological polar surface area (TPSA) is 91.8 Å². The van der Waals surface area contributed by atoms with Gasteiger partial charge in [-0.1, -0.05) is 18.2 Å². The number of aromatic hydroxyl groups is 1. The molecule has 0 atom stereocenters. The van der Waals surface area contributed by atoms with Gasteiger partial charge >= 0.3 is 0 Å². The van der Waals surface area contributed by atoms with E-state index in [1.54, 1.807) is 35.3 Å². The second-order valence-corrected chi connectivity index (χ2v) is 7.35. The molecule has 0 amide bonds. The number of phenols is 1. The Balaban J connectivity index is 1.86. The maximum absolute atomic E-state index is 11.8. The minimum absolute atomic E-state index is 0.00248. The smallest absolute Gasteiger partial charge is 0.159 e. The van der Waals surface area contributed by atoms with Crippen molar-refractivity contribution in [2.45, 2.75) is 20.4 Å². The fourth-order valence-corrected chi connectivity index (χ4v) is 3.64. The van der Waals surface area contributed by atoms with Gasteiger partial charge < -0.3 is 5.11 Å². The molecule has 0 saturated heterocycles.